The van der Waals surface area contributed by atoms with Gasteiger partial charge in [-0.3, -0.25) is 4.79 Å². The summed E-state index contributed by atoms with van der Waals surface area (Å²) in [6.45, 7) is 0.502. The second kappa shape index (κ2) is 6.80. The Morgan fingerprint density at radius 2 is 2.04 bits per heavy atom. The predicted molar refractivity (Wildman–Crippen MR) is 97.4 cm³/mol. The maximum Gasteiger partial charge on any atom is 0.232 e. The highest BCUT2D eigenvalue weighted by Crippen LogP contribution is 2.32. The third-order valence-electron chi connectivity index (χ3n) is 4.38. The number of aromatic nitrogens is 2. The van der Waals surface area contributed by atoms with Crippen LogP contribution in [0.5, 0.6) is 5.75 Å². The van der Waals surface area contributed by atoms with Crippen molar-refractivity contribution in [3.63, 3.8) is 0 Å². The Bertz CT molecular complexity index is 939. The van der Waals surface area contributed by atoms with Gasteiger partial charge >= 0.3 is 0 Å². The lowest BCUT2D eigenvalue weighted by Crippen LogP contribution is -2.24. The summed E-state index contributed by atoms with van der Waals surface area (Å²) in [5, 5.41) is 4.63. The van der Waals surface area contributed by atoms with E-state index < -0.39 is 0 Å². The highest BCUT2D eigenvalue weighted by atomic mass is 35.5. The first kappa shape index (κ1) is 16.6. The maximum absolute atomic E-state index is 12.4. The molecule has 0 radical (unpaired) electrons. The molecule has 1 aromatic heterocycles. The number of rotatable bonds is 4. The van der Waals surface area contributed by atoms with E-state index in [-0.39, 0.29) is 11.8 Å². The molecule has 0 spiro atoms. The van der Waals surface area contributed by atoms with Gasteiger partial charge in [0.05, 0.1) is 13.0 Å². The SMILES string of the molecule is COc1ccc(N2C[C@H](c3nc(-c4cccc(Cl)c4)no3)CC2=O)cc1. The minimum Gasteiger partial charge on any atom is -0.497 e. The summed E-state index contributed by atoms with van der Waals surface area (Å²) in [6.07, 6.45) is 0.337. The molecule has 4 rings (SSSR count). The average Bonchev–Trinajstić information content (AvgIpc) is 3.29. The molecule has 1 fully saturated rings. The molecule has 0 bridgehead atoms. The van der Waals surface area contributed by atoms with E-state index in [4.69, 9.17) is 20.9 Å². The van der Waals surface area contributed by atoms with Crippen LogP contribution >= 0.6 is 11.6 Å². The lowest BCUT2D eigenvalue weighted by Gasteiger charge is -2.16. The zero-order valence-corrected chi connectivity index (χ0v) is 14.8. The Balaban J connectivity index is 1.53. The Kier molecular flexibility index (Phi) is 4.34. The molecule has 0 N–H and O–H groups in total. The molecule has 1 aliphatic rings. The molecule has 0 unspecified atom stereocenters. The molecule has 2 aromatic carbocycles. The number of carbonyl (C=O) groups excluding carboxylic acids is 1. The number of carbonyl (C=O) groups is 1. The molecule has 26 heavy (non-hydrogen) atoms. The fourth-order valence-corrected chi connectivity index (χ4v) is 3.22. The molecular weight excluding hydrogens is 354 g/mol. The summed E-state index contributed by atoms with van der Waals surface area (Å²) in [4.78, 5) is 18.6. The zero-order valence-electron chi connectivity index (χ0n) is 14.1. The standard InChI is InChI=1S/C19H16ClN3O3/c1-25-16-7-5-15(6-8-16)23-11-13(10-17(23)24)19-21-18(22-26-19)12-3-2-4-14(20)9-12/h2-9,13H,10-11H2,1H3/t13-/m1/s1. The predicted octanol–water partition coefficient (Wildman–Crippen LogP) is 3.92. The van der Waals surface area contributed by atoms with Crippen molar-refractivity contribution in [2.45, 2.75) is 12.3 Å². The fraction of sp³-hybridized carbons (Fsp3) is 0.211. The molecule has 1 saturated heterocycles. The van der Waals surface area contributed by atoms with Gasteiger partial charge in [0, 0.05) is 29.2 Å². The van der Waals surface area contributed by atoms with Crippen LogP contribution in [0.4, 0.5) is 5.69 Å². The van der Waals surface area contributed by atoms with Crippen LogP contribution in [0.2, 0.25) is 5.02 Å². The van der Waals surface area contributed by atoms with Gasteiger partial charge in [0.1, 0.15) is 5.75 Å². The highest BCUT2D eigenvalue weighted by molar-refractivity contribution is 6.30. The van der Waals surface area contributed by atoms with Crippen LogP contribution in [0.1, 0.15) is 18.2 Å². The number of nitrogens with zero attached hydrogens (tertiary/aromatic N) is 3. The van der Waals surface area contributed by atoms with Gasteiger partial charge in [0.25, 0.3) is 0 Å². The monoisotopic (exact) mass is 369 g/mol. The first-order valence-corrected chi connectivity index (χ1v) is 8.56. The smallest absolute Gasteiger partial charge is 0.232 e. The first-order chi connectivity index (χ1) is 12.6. The van der Waals surface area contributed by atoms with Crippen LogP contribution in [0.25, 0.3) is 11.4 Å². The topological polar surface area (TPSA) is 68.5 Å². The van der Waals surface area contributed by atoms with E-state index in [9.17, 15) is 4.79 Å². The van der Waals surface area contributed by atoms with E-state index in [2.05, 4.69) is 10.1 Å². The van der Waals surface area contributed by atoms with E-state index in [1.165, 1.54) is 0 Å². The van der Waals surface area contributed by atoms with Crippen LogP contribution in [-0.2, 0) is 4.79 Å². The Morgan fingerprint density at radius 1 is 1.23 bits per heavy atom. The van der Waals surface area contributed by atoms with Gasteiger partial charge in [0.2, 0.25) is 17.6 Å². The summed E-state index contributed by atoms with van der Waals surface area (Å²) >= 11 is 6.01. The average molecular weight is 370 g/mol. The Hall–Kier alpha value is -2.86. The van der Waals surface area contributed by atoms with Gasteiger partial charge in [-0.1, -0.05) is 28.9 Å². The number of benzene rings is 2. The number of amides is 1. The lowest BCUT2D eigenvalue weighted by atomic mass is 10.1. The van der Waals surface area contributed by atoms with Gasteiger partial charge in [-0.05, 0) is 36.4 Å². The van der Waals surface area contributed by atoms with Crippen molar-refractivity contribution in [2.24, 2.45) is 0 Å². The van der Waals surface area contributed by atoms with Crippen molar-refractivity contribution in [3.05, 3.63) is 59.4 Å². The summed E-state index contributed by atoms with van der Waals surface area (Å²) in [5.41, 5.74) is 1.61. The number of ether oxygens (including phenoxy) is 1. The molecule has 0 saturated carbocycles. The van der Waals surface area contributed by atoms with Gasteiger partial charge in [-0.25, -0.2) is 0 Å². The van der Waals surface area contributed by atoms with Gasteiger partial charge < -0.3 is 14.2 Å². The van der Waals surface area contributed by atoms with Crippen LogP contribution < -0.4 is 9.64 Å². The molecule has 0 aliphatic carbocycles. The molecule has 7 heteroatoms. The number of hydrogen-bond acceptors (Lipinski definition) is 5. The van der Waals surface area contributed by atoms with Crippen molar-refractivity contribution in [2.75, 3.05) is 18.6 Å². The summed E-state index contributed by atoms with van der Waals surface area (Å²) < 4.78 is 10.6. The molecule has 1 atom stereocenters. The number of hydrogen-bond donors (Lipinski definition) is 0. The largest absolute Gasteiger partial charge is 0.497 e. The van der Waals surface area contributed by atoms with Crippen LogP contribution in [-0.4, -0.2) is 29.7 Å². The maximum atomic E-state index is 12.4. The molecule has 1 aliphatic heterocycles. The Labute approximate surface area is 155 Å². The third kappa shape index (κ3) is 3.15. The summed E-state index contributed by atoms with van der Waals surface area (Å²) in [6, 6.07) is 14.7. The number of halogens is 1. The fourth-order valence-electron chi connectivity index (χ4n) is 3.03. The second-order valence-corrected chi connectivity index (χ2v) is 6.51. The van der Waals surface area contributed by atoms with E-state index in [0.29, 0.717) is 29.7 Å². The molecule has 1 amide bonds. The third-order valence-corrected chi connectivity index (χ3v) is 4.62. The lowest BCUT2D eigenvalue weighted by molar-refractivity contribution is -0.117. The number of anilines is 1. The van der Waals surface area contributed by atoms with Crippen molar-refractivity contribution < 1.29 is 14.1 Å². The van der Waals surface area contributed by atoms with Crippen molar-refractivity contribution >= 4 is 23.2 Å². The van der Waals surface area contributed by atoms with E-state index >= 15 is 0 Å². The number of methoxy groups -OCH3 is 1. The van der Waals surface area contributed by atoms with E-state index in [0.717, 1.165) is 17.0 Å². The van der Waals surface area contributed by atoms with Crippen molar-refractivity contribution in [1.29, 1.82) is 0 Å². The molecule has 132 valence electrons. The molecule has 6 nitrogen and oxygen atoms in total. The summed E-state index contributed by atoms with van der Waals surface area (Å²) in [7, 11) is 1.61. The van der Waals surface area contributed by atoms with Crippen molar-refractivity contribution in [1.82, 2.24) is 10.1 Å². The summed E-state index contributed by atoms with van der Waals surface area (Å²) in [5.74, 6) is 1.58. The zero-order chi connectivity index (χ0) is 18.1. The first-order valence-electron chi connectivity index (χ1n) is 8.18. The van der Waals surface area contributed by atoms with Gasteiger partial charge in [-0.15, -0.1) is 0 Å². The quantitative estimate of drug-likeness (QED) is 0.697. The molecular formula is C19H16ClN3O3. The minimum atomic E-state index is -0.134. The van der Waals surface area contributed by atoms with Gasteiger partial charge in [0.15, 0.2) is 0 Å². The van der Waals surface area contributed by atoms with E-state index in [1.807, 2.05) is 36.4 Å². The molecule has 3 aromatic rings. The highest BCUT2D eigenvalue weighted by Gasteiger charge is 2.35. The van der Waals surface area contributed by atoms with Crippen LogP contribution in [0.15, 0.2) is 53.1 Å². The van der Waals surface area contributed by atoms with E-state index in [1.54, 1.807) is 24.1 Å². The van der Waals surface area contributed by atoms with Crippen LogP contribution in [0.3, 0.4) is 0 Å². The minimum absolute atomic E-state index is 0.0303. The molecule has 2 heterocycles. The normalized spacial score (nSPS) is 16.9. The Morgan fingerprint density at radius 3 is 2.77 bits per heavy atom. The van der Waals surface area contributed by atoms with Crippen LogP contribution in [0, 0.1) is 0 Å². The second-order valence-electron chi connectivity index (χ2n) is 6.07. The van der Waals surface area contributed by atoms with Crippen molar-refractivity contribution in [3.8, 4) is 17.1 Å². The van der Waals surface area contributed by atoms with Gasteiger partial charge in [-0.2, -0.15) is 4.98 Å².